The van der Waals surface area contributed by atoms with E-state index in [1.54, 1.807) is 6.26 Å². The minimum atomic E-state index is -0.906. The molecule has 1 aromatic carbocycles. The number of anilines is 1. The zero-order chi connectivity index (χ0) is 16.3. The van der Waals surface area contributed by atoms with E-state index in [0.29, 0.717) is 17.3 Å². The molecule has 1 aromatic heterocycles. The predicted molar refractivity (Wildman–Crippen MR) is 93.9 cm³/mol. The summed E-state index contributed by atoms with van der Waals surface area (Å²) in [4.78, 5) is 0. The van der Waals surface area contributed by atoms with Crippen molar-refractivity contribution in [2.45, 2.75) is 39.6 Å². The maximum absolute atomic E-state index is 11.4. The summed E-state index contributed by atoms with van der Waals surface area (Å²) in [6, 6.07) is 5.76. The van der Waals surface area contributed by atoms with Gasteiger partial charge in [-0.05, 0) is 44.5 Å². The number of aromatic nitrogens is 2. The molecule has 0 fully saturated rings. The Morgan fingerprint density at radius 2 is 2.09 bits per heavy atom. The first kappa shape index (κ1) is 17.0. The zero-order valence-corrected chi connectivity index (χ0v) is 15.0. The zero-order valence-electron chi connectivity index (χ0n) is 13.4. The number of hydrogen-bond acceptors (Lipinski definition) is 3. The van der Waals surface area contributed by atoms with Crippen molar-refractivity contribution in [1.29, 1.82) is 0 Å². The van der Waals surface area contributed by atoms with Crippen LogP contribution in [0.5, 0.6) is 0 Å². The Bertz CT molecular complexity index is 697. The average Bonchev–Trinajstić information content (AvgIpc) is 2.74. The fraction of sp³-hybridized carbons (Fsp3) is 0.438. The van der Waals surface area contributed by atoms with Crippen LogP contribution < -0.4 is 5.32 Å². The molecule has 0 bridgehead atoms. The van der Waals surface area contributed by atoms with Crippen molar-refractivity contribution in [3.8, 4) is 0 Å². The third-order valence-corrected chi connectivity index (χ3v) is 4.79. The summed E-state index contributed by atoms with van der Waals surface area (Å²) in [5.41, 5.74) is 5.35. The van der Waals surface area contributed by atoms with Crippen LogP contribution in [0.25, 0.3) is 0 Å². The van der Waals surface area contributed by atoms with Crippen LogP contribution in [0.3, 0.4) is 0 Å². The molecule has 1 atom stereocenters. The molecular weight excluding hydrogens is 318 g/mol. The highest BCUT2D eigenvalue weighted by Crippen LogP contribution is 2.23. The largest absolute Gasteiger partial charge is 0.381 e. The number of nitrogens with zero attached hydrogens (tertiary/aromatic N) is 2. The Hall–Kier alpha value is -1.33. The highest BCUT2D eigenvalue weighted by Gasteiger charge is 2.10. The van der Waals surface area contributed by atoms with Crippen molar-refractivity contribution in [2.75, 3.05) is 11.6 Å². The summed E-state index contributed by atoms with van der Waals surface area (Å²) in [5, 5.41) is 8.60. The van der Waals surface area contributed by atoms with Crippen molar-refractivity contribution in [3.05, 3.63) is 45.7 Å². The molecule has 2 aromatic rings. The Labute approximate surface area is 139 Å². The Morgan fingerprint density at radius 3 is 2.68 bits per heavy atom. The Morgan fingerprint density at radius 1 is 1.36 bits per heavy atom. The van der Waals surface area contributed by atoms with E-state index in [-0.39, 0.29) is 0 Å². The van der Waals surface area contributed by atoms with Crippen LogP contribution in [0.2, 0.25) is 5.02 Å². The summed E-state index contributed by atoms with van der Waals surface area (Å²) in [6.07, 6.45) is 1.68. The highest BCUT2D eigenvalue weighted by molar-refractivity contribution is 7.83. The molecular formula is C16H22ClN3OS. The van der Waals surface area contributed by atoms with Gasteiger partial charge in [0.25, 0.3) is 0 Å². The lowest BCUT2D eigenvalue weighted by Crippen LogP contribution is -2.04. The van der Waals surface area contributed by atoms with Crippen LogP contribution in [0.1, 0.15) is 29.4 Å². The quantitative estimate of drug-likeness (QED) is 0.873. The SMILES string of the molecule is CCn1nc(C)c(CNc2ccc(Cl)c(C[S@@](C)=O)c2)c1C. The van der Waals surface area contributed by atoms with Gasteiger partial charge >= 0.3 is 0 Å². The van der Waals surface area contributed by atoms with Gasteiger partial charge in [0.05, 0.1) is 5.69 Å². The van der Waals surface area contributed by atoms with Crippen molar-refractivity contribution >= 4 is 28.1 Å². The van der Waals surface area contributed by atoms with Crippen LogP contribution in [0.4, 0.5) is 5.69 Å². The maximum atomic E-state index is 11.4. The molecule has 0 amide bonds. The van der Waals surface area contributed by atoms with E-state index < -0.39 is 10.8 Å². The van der Waals surface area contributed by atoms with Crippen LogP contribution >= 0.6 is 11.6 Å². The van der Waals surface area contributed by atoms with E-state index in [4.69, 9.17) is 11.6 Å². The minimum Gasteiger partial charge on any atom is -0.381 e. The average molecular weight is 340 g/mol. The smallest absolute Gasteiger partial charge is 0.0646 e. The topological polar surface area (TPSA) is 46.9 Å². The number of halogens is 1. The van der Waals surface area contributed by atoms with Crippen LogP contribution in [0, 0.1) is 13.8 Å². The molecule has 4 nitrogen and oxygen atoms in total. The van der Waals surface area contributed by atoms with Crippen LogP contribution in [-0.4, -0.2) is 20.2 Å². The summed E-state index contributed by atoms with van der Waals surface area (Å²) < 4.78 is 13.4. The van der Waals surface area contributed by atoms with E-state index in [9.17, 15) is 4.21 Å². The molecule has 0 saturated carbocycles. The van der Waals surface area contributed by atoms with Crippen LogP contribution in [0.15, 0.2) is 18.2 Å². The maximum Gasteiger partial charge on any atom is 0.0646 e. The van der Waals surface area contributed by atoms with Gasteiger partial charge in [0.2, 0.25) is 0 Å². The predicted octanol–water partition coefficient (Wildman–Crippen LogP) is 3.66. The van der Waals surface area contributed by atoms with Crippen molar-refractivity contribution in [1.82, 2.24) is 9.78 Å². The molecule has 0 aliphatic heterocycles. The summed E-state index contributed by atoms with van der Waals surface area (Å²) in [5.74, 6) is 0.472. The van der Waals surface area contributed by atoms with E-state index in [0.717, 1.165) is 23.5 Å². The number of benzene rings is 1. The number of nitrogens with one attached hydrogen (secondary N) is 1. The van der Waals surface area contributed by atoms with Gasteiger partial charge < -0.3 is 5.32 Å². The van der Waals surface area contributed by atoms with Gasteiger partial charge in [-0.3, -0.25) is 8.89 Å². The summed E-state index contributed by atoms with van der Waals surface area (Å²) >= 11 is 6.15. The molecule has 0 unspecified atom stereocenters. The van der Waals surface area contributed by atoms with Crippen LogP contribution in [-0.2, 0) is 29.6 Å². The lowest BCUT2D eigenvalue weighted by Gasteiger charge is -2.10. The van der Waals surface area contributed by atoms with E-state index in [1.807, 2.05) is 29.8 Å². The molecule has 6 heteroatoms. The molecule has 22 heavy (non-hydrogen) atoms. The van der Waals surface area contributed by atoms with E-state index in [1.165, 1.54) is 11.3 Å². The third kappa shape index (κ3) is 3.90. The standard InChI is InChI=1S/C16H22ClN3OS/c1-5-20-12(3)15(11(2)19-20)9-18-14-6-7-16(17)13(8-14)10-22(4)21/h6-8,18H,5,9-10H2,1-4H3/t22-/m1/s1. The minimum absolute atomic E-state index is 0.472. The first-order valence-corrected chi connectivity index (χ1v) is 9.38. The first-order chi connectivity index (χ1) is 10.4. The molecule has 0 saturated heterocycles. The van der Waals surface area contributed by atoms with Gasteiger partial charge in [-0.25, -0.2) is 0 Å². The highest BCUT2D eigenvalue weighted by atomic mass is 35.5. The van der Waals surface area contributed by atoms with Gasteiger partial charge in [-0.2, -0.15) is 5.10 Å². The molecule has 2 rings (SSSR count). The second kappa shape index (κ2) is 7.29. The number of aryl methyl sites for hydroxylation is 2. The van der Waals surface area contributed by atoms with Gasteiger partial charge in [0.1, 0.15) is 0 Å². The Kier molecular flexibility index (Phi) is 5.64. The third-order valence-electron chi connectivity index (χ3n) is 3.70. The van der Waals surface area contributed by atoms with Gasteiger partial charge in [0.15, 0.2) is 0 Å². The van der Waals surface area contributed by atoms with Crippen molar-refractivity contribution in [3.63, 3.8) is 0 Å². The molecule has 0 spiro atoms. The second-order valence-corrected chi connectivity index (χ2v) is 7.18. The van der Waals surface area contributed by atoms with Gasteiger partial charge in [-0.1, -0.05) is 11.6 Å². The van der Waals surface area contributed by atoms with Gasteiger partial charge in [-0.15, -0.1) is 0 Å². The van der Waals surface area contributed by atoms with E-state index in [2.05, 4.69) is 24.3 Å². The first-order valence-electron chi connectivity index (χ1n) is 7.27. The molecule has 0 aliphatic carbocycles. The van der Waals surface area contributed by atoms with Crippen molar-refractivity contribution in [2.24, 2.45) is 0 Å². The molecule has 0 radical (unpaired) electrons. The fourth-order valence-corrected chi connectivity index (χ4v) is 3.44. The molecule has 1 heterocycles. The second-order valence-electron chi connectivity index (χ2n) is 5.34. The van der Waals surface area contributed by atoms with Gasteiger partial charge in [0, 0.05) is 57.9 Å². The normalized spacial score (nSPS) is 12.4. The molecule has 0 aliphatic rings. The molecule has 120 valence electrons. The summed E-state index contributed by atoms with van der Waals surface area (Å²) in [7, 11) is -0.906. The lowest BCUT2D eigenvalue weighted by molar-refractivity contribution is 0.633. The number of hydrogen-bond donors (Lipinski definition) is 1. The lowest BCUT2D eigenvalue weighted by atomic mass is 10.1. The summed E-state index contributed by atoms with van der Waals surface area (Å²) in [6.45, 7) is 7.80. The Balaban J connectivity index is 2.15. The number of rotatable bonds is 6. The monoisotopic (exact) mass is 339 g/mol. The fourth-order valence-electron chi connectivity index (χ4n) is 2.50. The van der Waals surface area contributed by atoms with Crippen molar-refractivity contribution < 1.29 is 4.21 Å². The van der Waals surface area contributed by atoms with E-state index >= 15 is 0 Å². The molecule has 1 N–H and O–H groups in total.